The minimum Gasteiger partial charge on any atom is -0.479 e. The van der Waals surface area contributed by atoms with E-state index in [4.69, 9.17) is 4.74 Å². The molecule has 3 amide bonds. The number of aliphatic carboxylic acids is 1. The van der Waals surface area contributed by atoms with Gasteiger partial charge in [-0.2, -0.15) is 0 Å². The van der Waals surface area contributed by atoms with Gasteiger partial charge in [-0.1, -0.05) is 86.5 Å². The van der Waals surface area contributed by atoms with Crippen LogP contribution in [-0.2, 0) is 33.7 Å². The van der Waals surface area contributed by atoms with E-state index in [0.29, 0.717) is 18.4 Å². The Bertz CT molecular complexity index is 1740. The summed E-state index contributed by atoms with van der Waals surface area (Å²) >= 11 is 0. The van der Waals surface area contributed by atoms with Gasteiger partial charge in [-0.15, -0.1) is 13.2 Å². The van der Waals surface area contributed by atoms with Crippen LogP contribution in [-0.4, -0.2) is 77.8 Å². The van der Waals surface area contributed by atoms with E-state index in [1.165, 1.54) is 11.0 Å². The Kier molecular flexibility index (Phi) is 12.8. The first kappa shape index (κ1) is 40.3. The zero-order chi connectivity index (χ0) is 38.3. The molecule has 1 saturated heterocycles. The molecule has 3 unspecified atom stereocenters. The maximum Gasteiger partial charge on any atom is 0.408 e. The van der Waals surface area contributed by atoms with Crippen molar-refractivity contribution in [2.45, 2.75) is 107 Å². The molecule has 1 saturated carbocycles. The first-order chi connectivity index (χ1) is 24.5. The predicted molar refractivity (Wildman–Crippen MR) is 201 cm³/mol. The fourth-order valence-electron chi connectivity index (χ4n) is 7.05. The summed E-state index contributed by atoms with van der Waals surface area (Å²) in [7, 11) is -4.02. The fraction of sp³-hybridized carbons (Fsp3) is 0.500. The third-order valence-electron chi connectivity index (χ3n) is 9.91. The number of likely N-dealkylation sites (tertiary alicyclic amines) is 1. The molecule has 282 valence electrons. The molecule has 0 spiro atoms. The predicted octanol–water partition coefficient (Wildman–Crippen LogP) is 6.15. The second kappa shape index (κ2) is 16.5. The van der Waals surface area contributed by atoms with Crippen molar-refractivity contribution in [3.8, 4) is 11.1 Å². The molecule has 0 bridgehead atoms. The number of amides is 3. The summed E-state index contributed by atoms with van der Waals surface area (Å²) in [5.74, 6) is -3.41. The third-order valence-corrected chi connectivity index (χ3v) is 12.6. The van der Waals surface area contributed by atoms with Crippen LogP contribution in [0.15, 0.2) is 79.9 Å². The molecule has 11 nitrogen and oxygen atoms in total. The van der Waals surface area contributed by atoms with Crippen molar-refractivity contribution in [1.29, 1.82) is 0 Å². The zero-order valence-corrected chi connectivity index (χ0v) is 31.5. The van der Waals surface area contributed by atoms with E-state index in [9.17, 15) is 32.7 Å². The average molecular weight is 736 g/mol. The number of nitrogens with zero attached hydrogens (tertiary/aromatic N) is 1. The number of sulfone groups is 1. The molecular weight excluding hydrogens is 683 g/mol. The van der Waals surface area contributed by atoms with Gasteiger partial charge in [-0.3, -0.25) is 9.59 Å². The van der Waals surface area contributed by atoms with Gasteiger partial charge in [0.25, 0.3) is 0 Å². The number of carboxylic acids is 1. The number of carboxylic acid groups (broad SMARTS) is 1. The van der Waals surface area contributed by atoms with E-state index in [-0.39, 0.29) is 31.6 Å². The molecule has 1 aliphatic carbocycles. The van der Waals surface area contributed by atoms with Crippen LogP contribution in [0.1, 0.15) is 84.6 Å². The van der Waals surface area contributed by atoms with Crippen LogP contribution < -0.4 is 10.6 Å². The number of carbonyl (C=O) groups excluding carboxylic acids is 3. The molecule has 2 aromatic carbocycles. The molecule has 12 heteroatoms. The summed E-state index contributed by atoms with van der Waals surface area (Å²) in [5.41, 5.74) is -0.261. The van der Waals surface area contributed by atoms with Gasteiger partial charge in [-0.05, 0) is 69.6 Å². The Balaban J connectivity index is 1.80. The van der Waals surface area contributed by atoms with Gasteiger partial charge in [0.15, 0.2) is 9.84 Å². The number of rotatable bonds is 17. The van der Waals surface area contributed by atoms with E-state index >= 15 is 0 Å². The molecule has 2 fully saturated rings. The zero-order valence-electron chi connectivity index (χ0n) is 30.7. The molecule has 0 radical (unpaired) electrons. The lowest BCUT2D eigenvalue weighted by Gasteiger charge is -2.32. The summed E-state index contributed by atoms with van der Waals surface area (Å²) in [6.07, 6.45) is 5.66. The molecule has 52 heavy (non-hydrogen) atoms. The number of benzene rings is 2. The van der Waals surface area contributed by atoms with Crippen molar-refractivity contribution in [2.24, 2.45) is 5.92 Å². The lowest BCUT2D eigenvalue weighted by atomic mass is 9.93. The lowest BCUT2D eigenvalue weighted by Crippen LogP contribution is -2.56. The normalized spacial score (nSPS) is 23.3. The summed E-state index contributed by atoms with van der Waals surface area (Å²) in [4.78, 5) is 55.6. The molecule has 2 aromatic rings. The van der Waals surface area contributed by atoms with Gasteiger partial charge >= 0.3 is 12.1 Å². The van der Waals surface area contributed by atoms with E-state index in [1.54, 1.807) is 45.9 Å². The molecule has 1 heterocycles. The standard InChI is InChI=1S/C40H53N3O8S/c1-7-10-11-12-16-19-32(41-37(48)51-38(4,5)6)35(45)43-27-39(52(49,50)24-8-2,31-22-20-29(21-23-31)28-17-14-13-15-18-28)26-33(43)34(44)42-40(36(46)47)25-30(40)9-3/h7,9,13-15,17-18,20-23,30,32-33H,1,3,8,10-12,16,19,24-27H2,2,4-6H3,(H,41,48)(H,42,44)(H,46,47)/t30?,32?,33-,39-,40?/m0/s1. The quantitative estimate of drug-likeness (QED) is 0.129. The fourth-order valence-corrected chi connectivity index (χ4v) is 9.22. The number of unbranched alkanes of at least 4 members (excludes halogenated alkanes) is 3. The number of hydrogen-bond donors (Lipinski definition) is 3. The molecule has 4 rings (SSSR count). The highest BCUT2D eigenvalue weighted by molar-refractivity contribution is 7.92. The highest BCUT2D eigenvalue weighted by Crippen LogP contribution is 2.47. The van der Waals surface area contributed by atoms with Crippen molar-refractivity contribution in [3.05, 3.63) is 85.5 Å². The summed E-state index contributed by atoms with van der Waals surface area (Å²) in [6.45, 7) is 13.9. The van der Waals surface area contributed by atoms with Gasteiger partial charge in [-0.25, -0.2) is 18.0 Å². The van der Waals surface area contributed by atoms with Crippen LogP contribution in [0.2, 0.25) is 0 Å². The Morgan fingerprint density at radius 1 is 1.00 bits per heavy atom. The maximum absolute atomic E-state index is 14.7. The number of allylic oxidation sites excluding steroid dienone is 1. The third kappa shape index (κ3) is 8.94. The first-order valence-electron chi connectivity index (χ1n) is 18.0. The highest BCUT2D eigenvalue weighted by Gasteiger charge is 2.63. The summed E-state index contributed by atoms with van der Waals surface area (Å²) in [5, 5.41) is 15.5. The van der Waals surface area contributed by atoms with Gasteiger partial charge < -0.3 is 25.4 Å². The number of carbonyl (C=O) groups is 4. The van der Waals surface area contributed by atoms with E-state index in [2.05, 4.69) is 23.8 Å². The Morgan fingerprint density at radius 3 is 2.21 bits per heavy atom. The van der Waals surface area contributed by atoms with Crippen LogP contribution >= 0.6 is 0 Å². The highest BCUT2D eigenvalue weighted by atomic mass is 32.2. The van der Waals surface area contributed by atoms with Gasteiger partial charge in [0, 0.05) is 18.9 Å². The van der Waals surface area contributed by atoms with Crippen LogP contribution in [0.3, 0.4) is 0 Å². The SMILES string of the molecule is C=CCCCCCC(NC(=O)OC(C)(C)C)C(=O)N1C[C@@](c2ccc(-c3ccccc3)cc2)(S(=O)(=O)CCC)C[C@H]1C(=O)NC1(C(=O)O)CC1C=C. The number of nitrogens with one attached hydrogen (secondary N) is 2. The Labute approximate surface area is 307 Å². The molecule has 5 atom stereocenters. The van der Waals surface area contributed by atoms with Crippen molar-refractivity contribution in [3.63, 3.8) is 0 Å². The maximum atomic E-state index is 14.7. The Hall–Kier alpha value is -4.45. The topological polar surface area (TPSA) is 159 Å². The van der Waals surface area contributed by atoms with Crippen molar-refractivity contribution in [2.75, 3.05) is 12.3 Å². The monoisotopic (exact) mass is 735 g/mol. The van der Waals surface area contributed by atoms with Crippen molar-refractivity contribution >= 4 is 33.7 Å². The smallest absolute Gasteiger partial charge is 0.408 e. The van der Waals surface area contributed by atoms with E-state index in [1.807, 2.05) is 42.5 Å². The number of ether oxygens (including phenoxy) is 1. The molecule has 3 N–H and O–H groups in total. The lowest BCUT2D eigenvalue weighted by molar-refractivity contribution is -0.145. The van der Waals surface area contributed by atoms with E-state index in [0.717, 1.165) is 30.4 Å². The minimum atomic E-state index is -4.02. The second-order valence-electron chi connectivity index (χ2n) is 14.9. The summed E-state index contributed by atoms with van der Waals surface area (Å²) in [6, 6.07) is 14.2. The van der Waals surface area contributed by atoms with Crippen LogP contribution in [0.5, 0.6) is 0 Å². The average Bonchev–Trinajstić information content (AvgIpc) is 3.65. The molecule has 1 aliphatic heterocycles. The number of hydrogen-bond acceptors (Lipinski definition) is 7. The van der Waals surface area contributed by atoms with Gasteiger partial charge in [0.05, 0.1) is 5.75 Å². The molecule has 0 aromatic heterocycles. The Morgan fingerprint density at radius 2 is 1.65 bits per heavy atom. The largest absolute Gasteiger partial charge is 0.479 e. The van der Waals surface area contributed by atoms with Crippen molar-refractivity contribution in [1.82, 2.24) is 15.5 Å². The molecular formula is C40H53N3O8S. The van der Waals surface area contributed by atoms with E-state index < -0.39 is 67.6 Å². The van der Waals surface area contributed by atoms with Gasteiger partial charge in [0.2, 0.25) is 11.8 Å². The van der Waals surface area contributed by atoms with Crippen LogP contribution in [0, 0.1) is 5.92 Å². The van der Waals surface area contributed by atoms with Crippen LogP contribution in [0.4, 0.5) is 4.79 Å². The second-order valence-corrected chi connectivity index (χ2v) is 17.3. The summed E-state index contributed by atoms with van der Waals surface area (Å²) < 4.78 is 32.7. The van der Waals surface area contributed by atoms with Gasteiger partial charge in [0.1, 0.15) is 28.0 Å². The molecule has 2 aliphatic rings. The number of alkyl carbamates (subject to hydrolysis) is 1. The first-order valence-corrected chi connectivity index (χ1v) is 19.7. The van der Waals surface area contributed by atoms with Crippen LogP contribution in [0.25, 0.3) is 11.1 Å². The van der Waals surface area contributed by atoms with Crippen molar-refractivity contribution < 1.29 is 37.4 Å². The minimum absolute atomic E-state index is 0.117.